The van der Waals surface area contributed by atoms with Gasteiger partial charge in [0.15, 0.2) is 5.65 Å². The van der Waals surface area contributed by atoms with E-state index in [1.165, 1.54) is 6.20 Å². The summed E-state index contributed by atoms with van der Waals surface area (Å²) < 4.78 is 46.3. The number of hydrogen-bond donors (Lipinski definition) is 0. The van der Waals surface area contributed by atoms with E-state index in [1.807, 2.05) is 22.7 Å². The fourth-order valence-electron chi connectivity index (χ4n) is 5.03. The molecule has 0 amide bonds. The van der Waals surface area contributed by atoms with E-state index >= 15 is 0 Å². The minimum absolute atomic E-state index is 0.117. The van der Waals surface area contributed by atoms with Gasteiger partial charge in [-0.3, -0.25) is 0 Å². The number of rotatable bonds is 3. The quantitative estimate of drug-likeness (QED) is 0.596. The summed E-state index contributed by atoms with van der Waals surface area (Å²) in [7, 11) is 0. The zero-order valence-electron chi connectivity index (χ0n) is 18.2. The zero-order chi connectivity index (χ0) is 22.8. The molecule has 0 atom stereocenters. The van der Waals surface area contributed by atoms with Crippen LogP contribution in [0.15, 0.2) is 24.5 Å². The number of aryl methyl sites for hydroxylation is 1. The van der Waals surface area contributed by atoms with Crippen molar-refractivity contribution in [3.8, 4) is 0 Å². The Bertz CT molecular complexity index is 1190. The summed E-state index contributed by atoms with van der Waals surface area (Å²) in [5.74, 6) is 1.24. The Hall–Kier alpha value is -2.95. The van der Waals surface area contributed by atoms with E-state index in [0.29, 0.717) is 19.0 Å². The Labute approximate surface area is 188 Å². The van der Waals surface area contributed by atoms with E-state index in [9.17, 15) is 13.2 Å². The van der Waals surface area contributed by atoms with Crippen molar-refractivity contribution < 1.29 is 17.9 Å². The molecular weight excluding hydrogens is 435 g/mol. The lowest BCUT2D eigenvalue weighted by atomic mass is 9.72. The second kappa shape index (κ2) is 7.28. The maximum absolute atomic E-state index is 13.0. The van der Waals surface area contributed by atoms with Gasteiger partial charge in [0, 0.05) is 37.8 Å². The molecule has 6 rings (SSSR count). The van der Waals surface area contributed by atoms with Crippen molar-refractivity contribution in [2.45, 2.75) is 32.0 Å². The van der Waals surface area contributed by atoms with Gasteiger partial charge in [0.1, 0.15) is 23.2 Å². The molecule has 3 aliphatic heterocycles. The highest BCUT2D eigenvalue weighted by atomic mass is 19.4. The lowest BCUT2D eigenvalue weighted by molar-refractivity contribution is -0.137. The third kappa shape index (κ3) is 3.49. The molecule has 3 aromatic heterocycles. The fourth-order valence-corrected chi connectivity index (χ4v) is 5.03. The van der Waals surface area contributed by atoms with Gasteiger partial charge in [0.25, 0.3) is 0 Å². The molecule has 11 heteroatoms. The molecule has 0 bridgehead atoms. The predicted molar refractivity (Wildman–Crippen MR) is 115 cm³/mol. The summed E-state index contributed by atoms with van der Waals surface area (Å²) in [6.45, 7) is 6.37. The number of ether oxygens (including phenoxy) is 1. The maximum atomic E-state index is 13.0. The average molecular weight is 459 g/mol. The summed E-state index contributed by atoms with van der Waals surface area (Å²) in [5.41, 5.74) is 1.95. The van der Waals surface area contributed by atoms with Gasteiger partial charge in [-0.25, -0.2) is 19.6 Å². The molecule has 0 saturated carbocycles. The fraction of sp³-hybridized carbons (Fsp3) is 0.545. The smallest absolute Gasteiger partial charge is 0.377 e. The molecule has 0 N–H and O–H groups in total. The summed E-state index contributed by atoms with van der Waals surface area (Å²) in [6, 6.07) is 2.37. The van der Waals surface area contributed by atoms with Crippen molar-refractivity contribution in [1.29, 1.82) is 0 Å². The molecule has 3 fully saturated rings. The lowest BCUT2D eigenvalue weighted by Gasteiger charge is -2.54. The molecule has 3 saturated heterocycles. The van der Waals surface area contributed by atoms with Gasteiger partial charge in [-0.05, 0) is 31.9 Å². The summed E-state index contributed by atoms with van der Waals surface area (Å²) >= 11 is 0. The molecular formula is C22H24F3N7O. The van der Waals surface area contributed by atoms with Gasteiger partial charge in [-0.15, -0.1) is 0 Å². The number of hydrogen-bond acceptors (Lipinski definition) is 7. The van der Waals surface area contributed by atoms with Crippen LogP contribution >= 0.6 is 0 Å². The first-order valence-corrected chi connectivity index (χ1v) is 11.1. The van der Waals surface area contributed by atoms with Crippen molar-refractivity contribution in [1.82, 2.24) is 24.7 Å². The van der Waals surface area contributed by atoms with E-state index in [4.69, 9.17) is 9.72 Å². The van der Waals surface area contributed by atoms with Gasteiger partial charge >= 0.3 is 6.18 Å². The maximum Gasteiger partial charge on any atom is 0.416 e. The number of alkyl halides is 3. The van der Waals surface area contributed by atoms with Crippen LogP contribution in [0.4, 0.5) is 24.8 Å². The van der Waals surface area contributed by atoms with Crippen molar-refractivity contribution in [3.05, 3.63) is 35.8 Å². The number of nitrogens with zero attached hydrogens (tertiary/aromatic N) is 7. The molecule has 6 heterocycles. The SMILES string of the molecule is Cc1nn(C2COC2)c2nc(N3CCC4(CC3)CN(c3cc(C(F)(F)F)ccn3)C4)cnc12. The van der Waals surface area contributed by atoms with Crippen LogP contribution in [0.25, 0.3) is 11.2 Å². The first-order valence-electron chi connectivity index (χ1n) is 11.1. The van der Waals surface area contributed by atoms with Gasteiger partial charge in [0.2, 0.25) is 0 Å². The highest BCUT2D eigenvalue weighted by molar-refractivity contribution is 5.75. The Balaban J connectivity index is 1.13. The van der Waals surface area contributed by atoms with Crippen molar-refractivity contribution in [2.75, 3.05) is 49.2 Å². The minimum atomic E-state index is -4.35. The normalized spacial score (nSPS) is 20.8. The van der Waals surface area contributed by atoms with E-state index in [2.05, 4.69) is 20.0 Å². The number of fused-ring (bicyclic) bond motifs is 1. The Kier molecular flexibility index (Phi) is 4.55. The Morgan fingerprint density at radius 2 is 1.82 bits per heavy atom. The van der Waals surface area contributed by atoms with Crippen molar-refractivity contribution in [3.63, 3.8) is 0 Å². The summed E-state index contributed by atoms with van der Waals surface area (Å²) in [5, 5.41) is 4.61. The van der Waals surface area contributed by atoms with E-state index < -0.39 is 11.7 Å². The van der Waals surface area contributed by atoms with Crippen molar-refractivity contribution in [2.24, 2.45) is 5.41 Å². The van der Waals surface area contributed by atoms with Gasteiger partial charge in [-0.1, -0.05) is 0 Å². The summed E-state index contributed by atoms with van der Waals surface area (Å²) in [4.78, 5) is 17.9. The van der Waals surface area contributed by atoms with E-state index in [-0.39, 0.29) is 11.5 Å². The molecule has 3 aliphatic rings. The topological polar surface area (TPSA) is 72.2 Å². The van der Waals surface area contributed by atoms with Crippen LogP contribution in [0.5, 0.6) is 0 Å². The minimum Gasteiger partial charge on any atom is -0.377 e. The Morgan fingerprint density at radius 1 is 1.06 bits per heavy atom. The number of aromatic nitrogens is 5. The largest absolute Gasteiger partial charge is 0.416 e. The van der Waals surface area contributed by atoms with Crippen molar-refractivity contribution >= 4 is 22.8 Å². The Morgan fingerprint density at radius 3 is 2.48 bits per heavy atom. The number of halogens is 3. The van der Waals surface area contributed by atoms with Crippen LogP contribution in [0, 0.1) is 12.3 Å². The predicted octanol–water partition coefficient (Wildman–Crippen LogP) is 3.23. The molecule has 33 heavy (non-hydrogen) atoms. The standard InChI is InChI=1S/C22H24F3N7O/c1-14-19-20(32(29-14)16-10-33-11-16)28-18(9-27-19)30-6-3-21(4-7-30)12-31(13-21)17-8-15(2-5-26-17)22(23,24)25/h2,5,8-9,16H,3-4,6-7,10-13H2,1H3. The van der Waals surface area contributed by atoms with Crippen LogP contribution in [-0.2, 0) is 10.9 Å². The summed E-state index contributed by atoms with van der Waals surface area (Å²) in [6.07, 6.45) is 0.611. The highest BCUT2D eigenvalue weighted by Crippen LogP contribution is 2.43. The highest BCUT2D eigenvalue weighted by Gasteiger charge is 2.46. The van der Waals surface area contributed by atoms with E-state index in [0.717, 1.165) is 73.8 Å². The second-order valence-electron chi connectivity index (χ2n) is 9.37. The van der Waals surface area contributed by atoms with Crippen LogP contribution < -0.4 is 9.80 Å². The molecule has 0 aliphatic carbocycles. The number of piperidine rings is 1. The molecule has 8 nitrogen and oxygen atoms in total. The third-order valence-corrected chi connectivity index (χ3v) is 7.12. The van der Waals surface area contributed by atoms with E-state index in [1.54, 1.807) is 0 Å². The monoisotopic (exact) mass is 459 g/mol. The molecule has 174 valence electrons. The number of pyridine rings is 1. The van der Waals surface area contributed by atoms with Crippen LogP contribution in [0.1, 0.15) is 30.1 Å². The zero-order valence-corrected chi connectivity index (χ0v) is 18.2. The third-order valence-electron chi connectivity index (χ3n) is 7.12. The van der Waals surface area contributed by atoms with Gasteiger partial charge in [0.05, 0.1) is 30.7 Å². The molecule has 1 spiro atoms. The second-order valence-corrected chi connectivity index (χ2v) is 9.37. The first-order chi connectivity index (χ1) is 15.8. The van der Waals surface area contributed by atoms with Gasteiger partial charge < -0.3 is 14.5 Å². The van der Waals surface area contributed by atoms with Crippen LogP contribution in [0.3, 0.4) is 0 Å². The van der Waals surface area contributed by atoms with Gasteiger partial charge in [-0.2, -0.15) is 18.3 Å². The van der Waals surface area contributed by atoms with Crippen LogP contribution in [0.2, 0.25) is 0 Å². The number of anilines is 2. The average Bonchev–Trinajstić information content (AvgIpc) is 3.06. The lowest BCUT2D eigenvalue weighted by Crippen LogP contribution is -2.61. The molecule has 3 aromatic rings. The molecule has 0 aromatic carbocycles. The molecule has 0 radical (unpaired) electrons. The molecule has 0 unspecified atom stereocenters. The first kappa shape index (κ1) is 20.6. The van der Waals surface area contributed by atoms with Crippen LogP contribution in [-0.4, -0.2) is 64.1 Å².